The van der Waals surface area contributed by atoms with E-state index in [2.05, 4.69) is 20.3 Å². The Morgan fingerprint density at radius 2 is 1.97 bits per heavy atom. The molecule has 0 aliphatic carbocycles. The number of carbonyl (C=O) groups excluding carboxylic acids is 2. The monoisotopic (exact) mass is 438 g/mol. The number of amides is 2. The third kappa shape index (κ3) is 3.72. The number of piperidine rings is 1. The number of hydrogen-bond acceptors (Lipinski definition) is 8. The van der Waals surface area contributed by atoms with Crippen LogP contribution in [0.5, 0.6) is 5.75 Å². The molecule has 0 N–H and O–H groups in total. The Bertz CT molecular complexity index is 1090. The molecule has 9 nitrogen and oxygen atoms in total. The van der Waals surface area contributed by atoms with Crippen molar-refractivity contribution in [2.45, 2.75) is 31.3 Å². The van der Waals surface area contributed by atoms with Gasteiger partial charge in [0, 0.05) is 19.2 Å². The van der Waals surface area contributed by atoms with Crippen LogP contribution in [0.25, 0.3) is 10.7 Å². The first-order chi connectivity index (χ1) is 15.1. The van der Waals surface area contributed by atoms with E-state index in [4.69, 9.17) is 4.74 Å². The summed E-state index contributed by atoms with van der Waals surface area (Å²) in [6, 6.07) is 10.7. The van der Waals surface area contributed by atoms with Crippen LogP contribution >= 0.6 is 11.3 Å². The number of methoxy groups -OCH3 is 1. The largest absolute Gasteiger partial charge is 0.497 e. The predicted molar refractivity (Wildman–Crippen MR) is 115 cm³/mol. The molecule has 0 radical (unpaired) electrons. The first-order valence-corrected chi connectivity index (χ1v) is 11.1. The van der Waals surface area contributed by atoms with Crippen LogP contribution in [0.2, 0.25) is 0 Å². The van der Waals surface area contributed by atoms with E-state index < -0.39 is 6.04 Å². The number of imide groups is 1. The van der Waals surface area contributed by atoms with Gasteiger partial charge < -0.3 is 4.74 Å². The van der Waals surface area contributed by atoms with Crippen molar-refractivity contribution < 1.29 is 14.3 Å². The molecule has 160 valence electrons. The number of rotatable bonds is 5. The Labute approximate surface area is 183 Å². The zero-order chi connectivity index (χ0) is 21.4. The lowest BCUT2D eigenvalue weighted by Crippen LogP contribution is -2.46. The minimum atomic E-state index is -0.426. The molecule has 5 rings (SSSR count). The highest BCUT2D eigenvalue weighted by Crippen LogP contribution is 2.31. The third-order valence-electron chi connectivity index (χ3n) is 5.87. The fourth-order valence-electron chi connectivity index (χ4n) is 4.23. The molecule has 2 fully saturated rings. The quantitative estimate of drug-likeness (QED) is 0.565. The van der Waals surface area contributed by atoms with E-state index in [-0.39, 0.29) is 24.3 Å². The topological polar surface area (TPSA) is 93.4 Å². The lowest BCUT2D eigenvalue weighted by atomic mass is 10.0. The van der Waals surface area contributed by atoms with Gasteiger partial charge in [-0.3, -0.25) is 14.5 Å². The maximum atomic E-state index is 13.1. The number of tetrazole rings is 1. The Morgan fingerprint density at radius 1 is 1.13 bits per heavy atom. The Hall–Kier alpha value is -3.11. The van der Waals surface area contributed by atoms with Crippen molar-refractivity contribution >= 4 is 28.8 Å². The van der Waals surface area contributed by atoms with Gasteiger partial charge in [0.1, 0.15) is 5.75 Å². The van der Waals surface area contributed by atoms with Crippen LogP contribution in [0.3, 0.4) is 0 Å². The summed E-state index contributed by atoms with van der Waals surface area (Å²) in [6.45, 7) is 1.41. The van der Waals surface area contributed by atoms with Crippen molar-refractivity contribution in [2.75, 3.05) is 25.1 Å². The maximum Gasteiger partial charge on any atom is 0.251 e. The first-order valence-electron chi connectivity index (χ1n) is 10.2. The van der Waals surface area contributed by atoms with Gasteiger partial charge in [-0.2, -0.15) is 4.80 Å². The third-order valence-corrected chi connectivity index (χ3v) is 6.74. The number of aromatic nitrogens is 4. The zero-order valence-corrected chi connectivity index (χ0v) is 17.9. The van der Waals surface area contributed by atoms with Gasteiger partial charge in [0.05, 0.1) is 36.2 Å². The van der Waals surface area contributed by atoms with Crippen LogP contribution in [-0.4, -0.2) is 63.2 Å². The molecule has 1 aromatic carbocycles. The lowest BCUT2D eigenvalue weighted by molar-refractivity contribution is -0.123. The van der Waals surface area contributed by atoms with Crippen LogP contribution in [0.1, 0.15) is 25.3 Å². The van der Waals surface area contributed by atoms with Gasteiger partial charge in [-0.15, -0.1) is 21.5 Å². The van der Waals surface area contributed by atoms with Crippen LogP contribution in [-0.2, 0) is 9.59 Å². The fraction of sp³-hybridized carbons (Fsp3) is 0.381. The molecule has 4 heterocycles. The van der Waals surface area contributed by atoms with Crippen molar-refractivity contribution in [1.82, 2.24) is 25.1 Å². The molecule has 0 bridgehead atoms. The van der Waals surface area contributed by atoms with E-state index in [0.29, 0.717) is 30.4 Å². The number of nitrogens with zero attached hydrogens (tertiary/aromatic N) is 6. The van der Waals surface area contributed by atoms with E-state index >= 15 is 0 Å². The molecule has 1 atom stereocenters. The van der Waals surface area contributed by atoms with Crippen molar-refractivity contribution in [1.29, 1.82) is 0 Å². The van der Waals surface area contributed by atoms with E-state index in [0.717, 1.165) is 17.7 Å². The molecule has 0 unspecified atom stereocenters. The highest BCUT2D eigenvalue weighted by molar-refractivity contribution is 7.13. The molecule has 10 heteroatoms. The average Bonchev–Trinajstić information content (AvgIpc) is 3.54. The number of carbonyl (C=O) groups is 2. The molecule has 2 saturated heterocycles. The minimum absolute atomic E-state index is 0.138. The molecule has 2 aromatic heterocycles. The first kappa shape index (κ1) is 19.8. The van der Waals surface area contributed by atoms with Gasteiger partial charge >= 0.3 is 0 Å². The van der Waals surface area contributed by atoms with Crippen LogP contribution in [0.4, 0.5) is 5.69 Å². The number of anilines is 1. The van der Waals surface area contributed by atoms with E-state index in [1.54, 1.807) is 47.5 Å². The molecule has 0 spiro atoms. The summed E-state index contributed by atoms with van der Waals surface area (Å²) < 4.78 is 5.23. The van der Waals surface area contributed by atoms with Crippen molar-refractivity contribution in [2.24, 2.45) is 0 Å². The zero-order valence-electron chi connectivity index (χ0n) is 17.0. The molecule has 2 aliphatic heterocycles. The van der Waals surface area contributed by atoms with Crippen molar-refractivity contribution in [3.8, 4) is 16.5 Å². The number of thiophene rings is 1. The fourth-order valence-corrected chi connectivity index (χ4v) is 4.88. The van der Waals surface area contributed by atoms with Gasteiger partial charge in [-0.05, 0) is 41.6 Å². The molecular formula is C21H22N6O3S. The highest BCUT2D eigenvalue weighted by Gasteiger charge is 2.43. The molecule has 31 heavy (non-hydrogen) atoms. The van der Waals surface area contributed by atoms with Gasteiger partial charge in [0.2, 0.25) is 11.7 Å². The average molecular weight is 439 g/mol. The highest BCUT2D eigenvalue weighted by atomic mass is 32.1. The number of ether oxygens (including phenoxy) is 1. The normalized spacial score (nSPS) is 20.5. The van der Waals surface area contributed by atoms with Crippen molar-refractivity contribution in [3.05, 3.63) is 41.8 Å². The van der Waals surface area contributed by atoms with Crippen LogP contribution < -0.4 is 9.64 Å². The Balaban J connectivity index is 1.24. The Kier molecular flexibility index (Phi) is 5.24. The summed E-state index contributed by atoms with van der Waals surface area (Å²) >= 11 is 1.59. The second-order valence-electron chi connectivity index (χ2n) is 7.67. The van der Waals surface area contributed by atoms with E-state index in [1.165, 1.54) is 4.90 Å². The molecule has 3 aromatic rings. The number of hydrogen-bond donors (Lipinski definition) is 0. The summed E-state index contributed by atoms with van der Waals surface area (Å²) in [5.41, 5.74) is 0.555. The summed E-state index contributed by atoms with van der Waals surface area (Å²) in [5.74, 6) is 0.909. The predicted octanol–water partition coefficient (Wildman–Crippen LogP) is 2.38. The van der Waals surface area contributed by atoms with E-state index in [1.807, 2.05) is 17.5 Å². The second-order valence-corrected chi connectivity index (χ2v) is 8.61. The lowest BCUT2D eigenvalue weighted by Gasteiger charge is -2.34. The van der Waals surface area contributed by atoms with Gasteiger partial charge in [0.15, 0.2) is 0 Å². The van der Waals surface area contributed by atoms with Crippen LogP contribution in [0, 0.1) is 0 Å². The SMILES string of the molecule is COc1cccc(N2C(=O)C[C@H](N3CCC(n4nnc(-c5cccs5)n4)CC3)C2=O)c1. The van der Waals surface area contributed by atoms with Gasteiger partial charge in [-0.25, -0.2) is 4.90 Å². The smallest absolute Gasteiger partial charge is 0.251 e. The summed E-state index contributed by atoms with van der Waals surface area (Å²) in [6.07, 6.45) is 1.81. The summed E-state index contributed by atoms with van der Waals surface area (Å²) in [5, 5.41) is 14.9. The minimum Gasteiger partial charge on any atom is -0.497 e. The molecule has 2 aliphatic rings. The summed E-state index contributed by atoms with van der Waals surface area (Å²) in [4.78, 5) is 31.8. The maximum absolute atomic E-state index is 13.1. The second kappa shape index (κ2) is 8.20. The Morgan fingerprint density at radius 3 is 2.71 bits per heavy atom. The number of benzene rings is 1. The van der Waals surface area contributed by atoms with Crippen molar-refractivity contribution in [3.63, 3.8) is 0 Å². The molecule has 2 amide bonds. The molecular weight excluding hydrogens is 416 g/mol. The van der Waals surface area contributed by atoms with Gasteiger partial charge in [0.25, 0.3) is 5.91 Å². The number of likely N-dealkylation sites (tertiary alicyclic amines) is 1. The standard InChI is InChI=1S/C21H22N6O3S/c1-30-16-5-2-4-15(12-16)26-19(28)13-17(21(26)29)25-9-7-14(8-10-25)27-23-20(22-24-27)18-6-3-11-31-18/h2-6,11-12,14,17H,7-10,13H2,1H3/t17-/m0/s1. The van der Waals surface area contributed by atoms with Crippen LogP contribution in [0.15, 0.2) is 41.8 Å². The summed E-state index contributed by atoms with van der Waals surface area (Å²) in [7, 11) is 1.56. The van der Waals surface area contributed by atoms with E-state index in [9.17, 15) is 9.59 Å². The van der Waals surface area contributed by atoms with Gasteiger partial charge in [-0.1, -0.05) is 12.1 Å². The molecule has 0 saturated carbocycles.